The third-order valence-electron chi connectivity index (χ3n) is 5.50. The van der Waals surface area contributed by atoms with Gasteiger partial charge in [0, 0.05) is 38.1 Å². The van der Waals surface area contributed by atoms with Crippen LogP contribution in [0.3, 0.4) is 0 Å². The molecule has 2 aromatic rings. The van der Waals surface area contributed by atoms with E-state index in [4.69, 9.17) is 4.74 Å². The van der Waals surface area contributed by atoms with Gasteiger partial charge in [-0.1, -0.05) is 44.4 Å². The minimum atomic E-state index is 0.821. The fourth-order valence-corrected chi connectivity index (χ4v) is 3.90. The molecule has 2 aromatic carbocycles. The Bertz CT molecular complexity index is 794. The predicted octanol–water partition coefficient (Wildman–Crippen LogP) is 5.25. The highest BCUT2D eigenvalue weighted by Gasteiger charge is 2.21. The number of anilines is 1. The van der Waals surface area contributed by atoms with Crippen molar-refractivity contribution in [1.82, 2.24) is 4.90 Å². The first-order valence-electron chi connectivity index (χ1n) is 10.3. The van der Waals surface area contributed by atoms with Gasteiger partial charge in [0.25, 0.3) is 0 Å². The van der Waals surface area contributed by atoms with E-state index in [1.54, 1.807) is 0 Å². The van der Waals surface area contributed by atoms with Crippen molar-refractivity contribution in [2.24, 2.45) is 4.99 Å². The molecule has 0 spiro atoms. The van der Waals surface area contributed by atoms with Gasteiger partial charge >= 0.3 is 0 Å². The number of aliphatic imine (C=N–C) groups is 1. The summed E-state index contributed by atoms with van der Waals surface area (Å²) in [6, 6.07) is 14.3. The summed E-state index contributed by atoms with van der Waals surface area (Å²) in [5, 5.41) is 0. The fraction of sp³-hybridized carbons (Fsp3) is 0.435. The molecule has 142 valence electrons. The van der Waals surface area contributed by atoms with Gasteiger partial charge in [-0.15, -0.1) is 0 Å². The standard InChI is InChI=1S/C23H29N3O/c1-2-3-4-7-13-25-14-16-26(17-15-25)21-10-8-12-22-19(21)18-24-20-9-5-6-11-23(20)27-22/h5-6,8-12,18H,2-4,7,13-17H2,1H3. The van der Waals surface area contributed by atoms with Gasteiger partial charge in [-0.05, 0) is 37.2 Å². The van der Waals surface area contributed by atoms with Gasteiger partial charge in [0.1, 0.15) is 11.4 Å². The van der Waals surface area contributed by atoms with Crippen molar-refractivity contribution >= 4 is 17.6 Å². The van der Waals surface area contributed by atoms with Crippen molar-refractivity contribution in [2.45, 2.75) is 32.6 Å². The number of rotatable bonds is 6. The molecule has 1 saturated heterocycles. The van der Waals surface area contributed by atoms with Crippen molar-refractivity contribution in [1.29, 1.82) is 0 Å². The molecular formula is C23H29N3O. The quantitative estimate of drug-likeness (QED) is 0.560. The minimum absolute atomic E-state index is 0.821. The first-order chi connectivity index (χ1) is 13.3. The van der Waals surface area contributed by atoms with E-state index < -0.39 is 0 Å². The van der Waals surface area contributed by atoms with Crippen molar-refractivity contribution in [3.05, 3.63) is 48.0 Å². The Hall–Kier alpha value is -2.33. The van der Waals surface area contributed by atoms with E-state index in [1.807, 2.05) is 36.5 Å². The second-order valence-electron chi connectivity index (χ2n) is 7.41. The number of benzene rings is 2. The van der Waals surface area contributed by atoms with Crippen LogP contribution in [-0.4, -0.2) is 43.8 Å². The van der Waals surface area contributed by atoms with E-state index in [9.17, 15) is 0 Å². The lowest BCUT2D eigenvalue weighted by molar-refractivity contribution is 0.252. The van der Waals surface area contributed by atoms with Crippen molar-refractivity contribution in [3.63, 3.8) is 0 Å². The molecule has 0 atom stereocenters. The molecule has 4 nitrogen and oxygen atoms in total. The number of hydrogen-bond acceptors (Lipinski definition) is 4. The topological polar surface area (TPSA) is 28.1 Å². The van der Waals surface area contributed by atoms with E-state index >= 15 is 0 Å². The molecule has 0 aliphatic carbocycles. The van der Waals surface area contributed by atoms with E-state index in [-0.39, 0.29) is 0 Å². The largest absolute Gasteiger partial charge is 0.454 e. The van der Waals surface area contributed by atoms with Gasteiger partial charge in [-0.3, -0.25) is 9.89 Å². The van der Waals surface area contributed by atoms with Crippen molar-refractivity contribution in [2.75, 3.05) is 37.6 Å². The van der Waals surface area contributed by atoms with Crippen molar-refractivity contribution in [3.8, 4) is 11.5 Å². The Balaban J connectivity index is 1.45. The summed E-state index contributed by atoms with van der Waals surface area (Å²) in [4.78, 5) is 9.75. The highest BCUT2D eigenvalue weighted by atomic mass is 16.5. The Labute approximate surface area is 162 Å². The van der Waals surface area contributed by atoms with E-state index in [0.29, 0.717) is 0 Å². The number of nitrogens with zero attached hydrogens (tertiary/aromatic N) is 3. The molecule has 0 bridgehead atoms. The second kappa shape index (κ2) is 8.57. The van der Waals surface area contributed by atoms with Crippen LogP contribution in [0.25, 0.3) is 0 Å². The normalized spacial score (nSPS) is 16.4. The molecule has 0 saturated carbocycles. The Morgan fingerprint density at radius 1 is 0.889 bits per heavy atom. The number of hydrogen-bond donors (Lipinski definition) is 0. The summed E-state index contributed by atoms with van der Waals surface area (Å²) < 4.78 is 6.17. The molecular weight excluding hydrogens is 334 g/mol. The monoisotopic (exact) mass is 363 g/mol. The molecule has 2 aliphatic heterocycles. The second-order valence-corrected chi connectivity index (χ2v) is 7.41. The lowest BCUT2D eigenvalue weighted by Crippen LogP contribution is -2.46. The zero-order valence-corrected chi connectivity index (χ0v) is 16.2. The summed E-state index contributed by atoms with van der Waals surface area (Å²) in [6.45, 7) is 7.89. The molecule has 1 fully saturated rings. The zero-order chi connectivity index (χ0) is 18.5. The van der Waals surface area contributed by atoms with Crippen LogP contribution in [0.5, 0.6) is 11.5 Å². The van der Waals surface area contributed by atoms with Crippen LogP contribution in [0.4, 0.5) is 11.4 Å². The fourth-order valence-electron chi connectivity index (χ4n) is 3.90. The van der Waals surface area contributed by atoms with Crippen LogP contribution in [0, 0.1) is 0 Å². The summed E-state index contributed by atoms with van der Waals surface area (Å²) in [5.74, 6) is 1.71. The Morgan fingerprint density at radius 2 is 1.70 bits per heavy atom. The van der Waals surface area contributed by atoms with Gasteiger partial charge in [-0.25, -0.2) is 0 Å². The average Bonchev–Trinajstić information content (AvgIpc) is 2.91. The molecule has 27 heavy (non-hydrogen) atoms. The van der Waals surface area contributed by atoms with Gasteiger partial charge < -0.3 is 9.64 Å². The highest BCUT2D eigenvalue weighted by Crippen LogP contribution is 2.38. The molecule has 2 aliphatic rings. The van der Waals surface area contributed by atoms with Gasteiger partial charge in [0.05, 0.1) is 5.56 Å². The van der Waals surface area contributed by atoms with Crippen molar-refractivity contribution < 1.29 is 4.74 Å². The lowest BCUT2D eigenvalue weighted by Gasteiger charge is -2.37. The number of unbranched alkanes of at least 4 members (excludes halogenated alkanes) is 3. The Morgan fingerprint density at radius 3 is 2.56 bits per heavy atom. The summed E-state index contributed by atoms with van der Waals surface area (Å²) in [7, 11) is 0. The number of para-hydroxylation sites is 2. The maximum absolute atomic E-state index is 6.17. The molecule has 0 radical (unpaired) electrons. The molecule has 0 amide bonds. The zero-order valence-electron chi connectivity index (χ0n) is 16.2. The molecule has 0 aromatic heterocycles. The van der Waals surface area contributed by atoms with E-state index in [0.717, 1.165) is 48.9 Å². The molecule has 4 rings (SSSR count). The van der Waals surface area contributed by atoms with Crippen LogP contribution in [-0.2, 0) is 0 Å². The number of piperazine rings is 1. The molecule has 0 unspecified atom stereocenters. The number of fused-ring (bicyclic) bond motifs is 2. The SMILES string of the molecule is CCCCCCN1CCN(c2cccc3c2C=Nc2ccccc2O3)CC1. The third kappa shape index (κ3) is 4.16. The summed E-state index contributed by atoms with van der Waals surface area (Å²) in [6.07, 6.45) is 7.32. The van der Waals surface area contributed by atoms with E-state index in [2.05, 4.69) is 33.8 Å². The summed E-state index contributed by atoms with van der Waals surface area (Å²) in [5.41, 5.74) is 3.20. The lowest BCUT2D eigenvalue weighted by atomic mass is 10.1. The predicted molar refractivity (Wildman–Crippen MR) is 113 cm³/mol. The van der Waals surface area contributed by atoms with Gasteiger partial charge in [-0.2, -0.15) is 0 Å². The van der Waals surface area contributed by atoms with E-state index in [1.165, 1.54) is 37.9 Å². The number of ether oxygens (including phenoxy) is 1. The molecule has 2 heterocycles. The molecule has 0 N–H and O–H groups in total. The van der Waals surface area contributed by atoms with Gasteiger partial charge in [0.15, 0.2) is 5.75 Å². The Kier molecular flexibility index (Phi) is 5.73. The highest BCUT2D eigenvalue weighted by molar-refractivity contribution is 5.94. The first kappa shape index (κ1) is 18.1. The van der Waals surface area contributed by atoms with Crippen LogP contribution >= 0.6 is 0 Å². The van der Waals surface area contributed by atoms with Gasteiger partial charge in [0.2, 0.25) is 0 Å². The third-order valence-corrected chi connectivity index (χ3v) is 5.50. The first-order valence-corrected chi connectivity index (χ1v) is 10.3. The maximum atomic E-state index is 6.17. The summed E-state index contributed by atoms with van der Waals surface area (Å²) >= 11 is 0. The minimum Gasteiger partial charge on any atom is -0.454 e. The van der Waals surface area contributed by atoms with Crippen LogP contribution in [0.15, 0.2) is 47.5 Å². The molecule has 4 heteroatoms. The van der Waals surface area contributed by atoms with Crippen LogP contribution < -0.4 is 9.64 Å². The smallest absolute Gasteiger partial charge is 0.153 e. The van der Waals surface area contributed by atoms with Crippen LogP contribution in [0.1, 0.15) is 38.2 Å². The average molecular weight is 364 g/mol. The maximum Gasteiger partial charge on any atom is 0.153 e. The van der Waals surface area contributed by atoms with Crippen LogP contribution in [0.2, 0.25) is 0 Å².